The van der Waals surface area contributed by atoms with Crippen LogP contribution in [-0.2, 0) is 14.3 Å². The molecule has 2 amide bonds. The van der Waals surface area contributed by atoms with Gasteiger partial charge in [0.25, 0.3) is 0 Å². The van der Waals surface area contributed by atoms with Gasteiger partial charge in [0.2, 0.25) is 11.8 Å². The fourth-order valence-electron chi connectivity index (χ4n) is 4.75. The Morgan fingerprint density at radius 3 is 2.52 bits per heavy atom. The molecule has 0 aromatic heterocycles. The van der Waals surface area contributed by atoms with Crippen LogP contribution in [0.1, 0.15) is 51.4 Å². The van der Waals surface area contributed by atoms with Crippen LogP contribution in [0.5, 0.6) is 0 Å². The number of nitrogens with zero attached hydrogens (tertiary/aromatic N) is 1. The molecule has 130 valence electrons. The van der Waals surface area contributed by atoms with Crippen molar-refractivity contribution in [3.05, 3.63) is 0 Å². The Kier molecular flexibility index (Phi) is 5.24. The summed E-state index contributed by atoms with van der Waals surface area (Å²) in [6, 6.07) is 0. The average molecular weight is 322 g/mol. The van der Waals surface area contributed by atoms with E-state index in [0.717, 1.165) is 19.4 Å². The second kappa shape index (κ2) is 7.20. The molecule has 23 heavy (non-hydrogen) atoms. The van der Waals surface area contributed by atoms with E-state index in [2.05, 4.69) is 5.32 Å². The first-order valence-corrected chi connectivity index (χ1v) is 9.22. The maximum absolute atomic E-state index is 12.8. The molecular formula is C18H30N2O3. The molecule has 1 atom stereocenters. The Morgan fingerprint density at radius 1 is 1.17 bits per heavy atom. The van der Waals surface area contributed by atoms with Gasteiger partial charge in [-0.05, 0) is 31.6 Å². The third kappa shape index (κ3) is 3.54. The van der Waals surface area contributed by atoms with E-state index in [-0.39, 0.29) is 23.1 Å². The van der Waals surface area contributed by atoms with Crippen LogP contribution >= 0.6 is 0 Å². The third-order valence-electron chi connectivity index (χ3n) is 6.24. The standard InChI is InChI=1S/C18H30N2O3/c1-19-17(22)15-12-20(13-18(15)7-9-23-10-8-18)16(21)11-14-5-3-2-4-6-14/h14-15H,2-13H2,1H3,(H,19,22). The van der Waals surface area contributed by atoms with E-state index in [4.69, 9.17) is 4.74 Å². The van der Waals surface area contributed by atoms with Gasteiger partial charge in [-0.25, -0.2) is 0 Å². The molecule has 0 radical (unpaired) electrons. The smallest absolute Gasteiger partial charge is 0.225 e. The number of rotatable bonds is 3. The van der Waals surface area contributed by atoms with E-state index in [9.17, 15) is 9.59 Å². The zero-order chi connectivity index (χ0) is 16.3. The molecule has 5 heteroatoms. The highest BCUT2D eigenvalue weighted by molar-refractivity contribution is 5.83. The summed E-state index contributed by atoms with van der Waals surface area (Å²) in [7, 11) is 1.70. The summed E-state index contributed by atoms with van der Waals surface area (Å²) in [6.07, 6.45) is 8.68. The van der Waals surface area contributed by atoms with Crippen molar-refractivity contribution in [1.82, 2.24) is 10.2 Å². The second-order valence-electron chi connectivity index (χ2n) is 7.62. The van der Waals surface area contributed by atoms with Gasteiger partial charge in [-0.3, -0.25) is 9.59 Å². The third-order valence-corrected chi connectivity index (χ3v) is 6.24. The lowest BCUT2D eigenvalue weighted by Gasteiger charge is -2.37. The minimum atomic E-state index is -0.0771. The molecule has 1 spiro atoms. The monoisotopic (exact) mass is 322 g/mol. The van der Waals surface area contributed by atoms with E-state index >= 15 is 0 Å². The predicted molar refractivity (Wildman–Crippen MR) is 87.8 cm³/mol. The number of nitrogens with one attached hydrogen (secondary N) is 1. The quantitative estimate of drug-likeness (QED) is 0.864. The van der Waals surface area contributed by atoms with Crippen LogP contribution in [0.2, 0.25) is 0 Å². The maximum Gasteiger partial charge on any atom is 0.225 e. The molecule has 2 heterocycles. The lowest BCUT2D eigenvalue weighted by Crippen LogP contribution is -2.43. The molecular weight excluding hydrogens is 292 g/mol. The van der Waals surface area contributed by atoms with Gasteiger partial charge in [-0.2, -0.15) is 0 Å². The maximum atomic E-state index is 12.8. The van der Waals surface area contributed by atoms with E-state index in [0.29, 0.717) is 32.1 Å². The van der Waals surface area contributed by atoms with Crippen molar-refractivity contribution in [2.45, 2.75) is 51.4 Å². The first-order valence-electron chi connectivity index (χ1n) is 9.22. The highest BCUT2D eigenvalue weighted by Crippen LogP contribution is 2.44. The van der Waals surface area contributed by atoms with Gasteiger partial charge in [-0.1, -0.05) is 19.3 Å². The van der Waals surface area contributed by atoms with Crippen LogP contribution in [0.15, 0.2) is 0 Å². The first kappa shape index (κ1) is 16.7. The molecule has 0 aromatic carbocycles. The molecule has 1 unspecified atom stereocenters. The second-order valence-corrected chi connectivity index (χ2v) is 7.62. The van der Waals surface area contributed by atoms with Crippen molar-refractivity contribution >= 4 is 11.8 Å². The van der Waals surface area contributed by atoms with E-state index in [1.165, 1.54) is 32.1 Å². The lowest BCUT2D eigenvalue weighted by atomic mass is 9.72. The van der Waals surface area contributed by atoms with Gasteiger partial charge in [0.15, 0.2) is 0 Å². The zero-order valence-electron chi connectivity index (χ0n) is 14.3. The van der Waals surface area contributed by atoms with Crippen molar-refractivity contribution < 1.29 is 14.3 Å². The molecule has 3 aliphatic rings. The molecule has 2 aliphatic heterocycles. The van der Waals surface area contributed by atoms with Gasteiger partial charge in [-0.15, -0.1) is 0 Å². The Balaban J connectivity index is 1.66. The number of likely N-dealkylation sites (tertiary alicyclic amines) is 1. The SMILES string of the molecule is CNC(=O)C1CN(C(=O)CC2CCCCC2)CC12CCOCC2. The number of ether oxygens (including phenoxy) is 1. The molecule has 1 aliphatic carbocycles. The van der Waals surface area contributed by atoms with Gasteiger partial charge in [0.1, 0.15) is 0 Å². The highest BCUT2D eigenvalue weighted by Gasteiger charge is 2.51. The van der Waals surface area contributed by atoms with E-state index in [1.807, 2.05) is 4.90 Å². The predicted octanol–water partition coefficient (Wildman–Crippen LogP) is 1.96. The van der Waals surface area contributed by atoms with Gasteiger partial charge in [0.05, 0.1) is 5.92 Å². The highest BCUT2D eigenvalue weighted by atomic mass is 16.5. The summed E-state index contributed by atoms with van der Waals surface area (Å²) in [5.41, 5.74) is -0.0689. The van der Waals surface area contributed by atoms with Crippen LogP contribution in [0.25, 0.3) is 0 Å². The average Bonchev–Trinajstić information content (AvgIpc) is 2.95. The number of amides is 2. The molecule has 1 N–H and O–H groups in total. The van der Waals surface area contributed by atoms with Crippen LogP contribution in [-0.4, -0.2) is 50.1 Å². The molecule has 3 fully saturated rings. The Hall–Kier alpha value is -1.10. The van der Waals surface area contributed by atoms with Gasteiger partial charge >= 0.3 is 0 Å². The van der Waals surface area contributed by atoms with Crippen molar-refractivity contribution in [2.75, 3.05) is 33.4 Å². The minimum absolute atomic E-state index is 0.0689. The topological polar surface area (TPSA) is 58.6 Å². The van der Waals surface area contributed by atoms with Crippen molar-refractivity contribution in [1.29, 1.82) is 0 Å². The summed E-state index contributed by atoms with van der Waals surface area (Å²) >= 11 is 0. The van der Waals surface area contributed by atoms with Crippen LogP contribution in [0, 0.1) is 17.3 Å². The summed E-state index contributed by atoms with van der Waals surface area (Å²) in [4.78, 5) is 27.1. The fraction of sp³-hybridized carbons (Fsp3) is 0.889. The fourth-order valence-corrected chi connectivity index (χ4v) is 4.75. The van der Waals surface area contributed by atoms with Gasteiger partial charge < -0.3 is 15.0 Å². The van der Waals surface area contributed by atoms with Crippen LogP contribution in [0.3, 0.4) is 0 Å². The number of carbonyl (C=O) groups is 2. The molecule has 5 nitrogen and oxygen atoms in total. The minimum Gasteiger partial charge on any atom is -0.381 e. The van der Waals surface area contributed by atoms with Crippen molar-refractivity contribution in [2.24, 2.45) is 17.3 Å². The molecule has 0 aromatic rings. The number of hydrogen-bond donors (Lipinski definition) is 1. The summed E-state index contributed by atoms with van der Waals surface area (Å²) < 4.78 is 5.50. The summed E-state index contributed by atoms with van der Waals surface area (Å²) in [5, 5.41) is 2.80. The molecule has 1 saturated carbocycles. The number of hydrogen-bond acceptors (Lipinski definition) is 3. The summed E-state index contributed by atoms with van der Waals surface area (Å²) in [6.45, 7) is 2.74. The largest absolute Gasteiger partial charge is 0.381 e. The molecule has 2 saturated heterocycles. The lowest BCUT2D eigenvalue weighted by molar-refractivity contribution is -0.132. The number of carbonyl (C=O) groups excluding carboxylic acids is 2. The van der Waals surface area contributed by atoms with Crippen molar-refractivity contribution in [3.63, 3.8) is 0 Å². The Labute approximate surface area is 139 Å². The normalized spacial score (nSPS) is 28.0. The summed E-state index contributed by atoms with van der Waals surface area (Å²) in [5.74, 6) is 0.821. The van der Waals surface area contributed by atoms with Crippen LogP contribution < -0.4 is 5.32 Å². The van der Waals surface area contributed by atoms with Crippen molar-refractivity contribution in [3.8, 4) is 0 Å². The first-order chi connectivity index (χ1) is 11.1. The van der Waals surface area contributed by atoms with E-state index in [1.54, 1.807) is 7.05 Å². The van der Waals surface area contributed by atoms with E-state index < -0.39 is 0 Å². The van der Waals surface area contributed by atoms with Crippen LogP contribution in [0.4, 0.5) is 0 Å². The molecule has 0 bridgehead atoms. The zero-order valence-corrected chi connectivity index (χ0v) is 14.3. The van der Waals surface area contributed by atoms with Gasteiger partial charge in [0, 0.05) is 45.2 Å². The Morgan fingerprint density at radius 2 is 1.87 bits per heavy atom. The molecule has 3 rings (SSSR count). The Bertz CT molecular complexity index is 440.